The second-order valence-electron chi connectivity index (χ2n) is 7.87. The number of piperidine rings is 1. The van der Waals surface area contributed by atoms with Crippen molar-refractivity contribution in [1.29, 1.82) is 0 Å². The van der Waals surface area contributed by atoms with Gasteiger partial charge in [-0.1, -0.05) is 26.0 Å². The third kappa shape index (κ3) is 5.22. The molecule has 0 spiro atoms. The molecule has 6 nitrogen and oxygen atoms in total. The van der Waals surface area contributed by atoms with Crippen molar-refractivity contribution in [1.82, 2.24) is 4.90 Å². The Labute approximate surface area is 161 Å². The van der Waals surface area contributed by atoms with E-state index in [9.17, 15) is 19.8 Å². The molecule has 27 heavy (non-hydrogen) atoms. The molecule has 1 saturated heterocycles. The van der Waals surface area contributed by atoms with Crippen LogP contribution >= 0.6 is 0 Å². The summed E-state index contributed by atoms with van der Waals surface area (Å²) in [6, 6.07) is 7.59. The Balaban J connectivity index is 2.04. The number of carbonyl (C=O) groups excluding carboxylic acids is 1. The van der Waals surface area contributed by atoms with Gasteiger partial charge in [0.2, 0.25) is 5.91 Å². The zero-order valence-electron chi connectivity index (χ0n) is 16.5. The molecule has 150 valence electrons. The number of likely N-dealkylation sites (tertiary alicyclic amines) is 1. The van der Waals surface area contributed by atoms with E-state index in [0.717, 1.165) is 11.3 Å². The minimum Gasteiger partial charge on any atom is -0.497 e. The Morgan fingerprint density at radius 3 is 2.74 bits per heavy atom. The fraction of sp³-hybridized carbons (Fsp3) is 0.619. The first-order valence-electron chi connectivity index (χ1n) is 9.60. The second-order valence-corrected chi connectivity index (χ2v) is 7.87. The van der Waals surface area contributed by atoms with E-state index in [4.69, 9.17) is 4.74 Å². The first-order chi connectivity index (χ1) is 12.8. The van der Waals surface area contributed by atoms with Crippen LogP contribution in [0.5, 0.6) is 5.75 Å². The third-order valence-corrected chi connectivity index (χ3v) is 5.49. The lowest BCUT2D eigenvalue weighted by molar-refractivity contribution is -0.167. The smallest absolute Gasteiger partial charge is 0.314 e. The van der Waals surface area contributed by atoms with E-state index >= 15 is 0 Å². The highest BCUT2D eigenvalue weighted by Gasteiger charge is 2.49. The van der Waals surface area contributed by atoms with Crippen LogP contribution in [-0.4, -0.2) is 53.3 Å². The van der Waals surface area contributed by atoms with Gasteiger partial charge in [0.15, 0.2) is 0 Å². The van der Waals surface area contributed by atoms with E-state index in [2.05, 4.69) is 0 Å². The molecule has 1 aliphatic heterocycles. The van der Waals surface area contributed by atoms with Crippen LogP contribution in [0.15, 0.2) is 24.3 Å². The van der Waals surface area contributed by atoms with Gasteiger partial charge in [0.05, 0.1) is 13.2 Å². The maximum absolute atomic E-state index is 12.7. The van der Waals surface area contributed by atoms with Gasteiger partial charge in [0.1, 0.15) is 11.2 Å². The number of carboxylic acids is 1. The summed E-state index contributed by atoms with van der Waals surface area (Å²) in [6.07, 6.45) is 1.34. The molecule has 0 bridgehead atoms. The Morgan fingerprint density at radius 2 is 2.11 bits per heavy atom. The molecule has 1 aromatic carbocycles. The number of hydrogen-bond acceptors (Lipinski definition) is 4. The number of methoxy groups -OCH3 is 1. The average Bonchev–Trinajstić information content (AvgIpc) is 2.65. The summed E-state index contributed by atoms with van der Waals surface area (Å²) >= 11 is 0. The molecular formula is C21H31NO5. The van der Waals surface area contributed by atoms with Crippen LogP contribution in [0, 0.1) is 11.3 Å². The number of carbonyl (C=O) groups is 2. The summed E-state index contributed by atoms with van der Waals surface area (Å²) in [5.41, 5.74) is -0.266. The van der Waals surface area contributed by atoms with Gasteiger partial charge in [0, 0.05) is 19.5 Å². The lowest BCUT2D eigenvalue weighted by Gasteiger charge is -2.43. The predicted molar refractivity (Wildman–Crippen MR) is 103 cm³/mol. The molecule has 1 aliphatic rings. The molecule has 0 unspecified atom stereocenters. The molecule has 1 amide bonds. The number of benzene rings is 1. The van der Waals surface area contributed by atoms with E-state index in [1.165, 1.54) is 0 Å². The number of ether oxygens (including phenoxy) is 1. The second kappa shape index (κ2) is 9.22. The molecule has 1 aromatic rings. The normalized spacial score (nSPS) is 22.7. The van der Waals surface area contributed by atoms with Crippen molar-refractivity contribution in [2.75, 3.05) is 20.2 Å². The largest absolute Gasteiger partial charge is 0.497 e. The van der Waals surface area contributed by atoms with Crippen molar-refractivity contribution >= 4 is 11.9 Å². The number of amides is 1. The summed E-state index contributed by atoms with van der Waals surface area (Å²) in [5, 5.41) is 20.3. The molecule has 0 saturated carbocycles. The Kier molecular flexibility index (Phi) is 7.25. The first-order valence-corrected chi connectivity index (χ1v) is 9.60. The number of rotatable bonds is 8. The van der Waals surface area contributed by atoms with Gasteiger partial charge in [-0.2, -0.15) is 0 Å². The molecule has 2 N–H and O–H groups in total. The zero-order valence-corrected chi connectivity index (χ0v) is 16.5. The predicted octanol–water partition coefficient (Wildman–Crippen LogP) is 2.73. The maximum Gasteiger partial charge on any atom is 0.314 e. The van der Waals surface area contributed by atoms with Gasteiger partial charge in [-0.15, -0.1) is 0 Å². The molecule has 0 radical (unpaired) electrons. The molecule has 0 aromatic heterocycles. The summed E-state index contributed by atoms with van der Waals surface area (Å²) < 4.78 is 5.20. The van der Waals surface area contributed by atoms with Gasteiger partial charge < -0.3 is 19.8 Å². The minimum atomic E-state index is -1.27. The molecule has 1 fully saturated rings. The fourth-order valence-corrected chi connectivity index (χ4v) is 3.64. The van der Waals surface area contributed by atoms with Gasteiger partial charge in [0.25, 0.3) is 0 Å². The first kappa shape index (κ1) is 21.2. The van der Waals surface area contributed by atoms with Gasteiger partial charge in [-0.3, -0.25) is 9.59 Å². The van der Waals surface area contributed by atoms with Crippen molar-refractivity contribution in [3.05, 3.63) is 29.8 Å². The van der Waals surface area contributed by atoms with Crippen LogP contribution in [0.1, 0.15) is 45.1 Å². The van der Waals surface area contributed by atoms with Crippen molar-refractivity contribution in [2.24, 2.45) is 11.3 Å². The Hall–Kier alpha value is -2.08. The minimum absolute atomic E-state index is 0.0695. The van der Waals surface area contributed by atoms with E-state index in [1.807, 2.05) is 38.1 Å². The monoisotopic (exact) mass is 377 g/mol. The summed E-state index contributed by atoms with van der Waals surface area (Å²) in [7, 11) is 1.60. The Morgan fingerprint density at radius 1 is 1.37 bits per heavy atom. The van der Waals surface area contributed by atoms with Crippen LogP contribution < -0.4 is 4.74 Å². The molecule has 2 atom stereocenters. The van der Waals surface area contributed by atoms with Gasteiger partial charge >= 0.3 is 5.97 Å². The number of aliphatic hydroxyl groups excluding tert-OH is 1. The van der Waals surface area contributed by atoms with E-state index < -0.39 is 17.5 Å². The van der Waals surface area contributed by atoms with Crippen molar-refractivity contribution in [2.45, 2.75) is 52.1 Å². The van der Waals surface area contributed by atoms with Crippen molar-refractivity contribution in [3.63, 3.8) is 0 Å². The molecule has 1 heterocycles. The summed E-state index contributed by atoms with van der Waals surface area (Å²) in [4.78, 5) is 26.3. The highest BCUT2D eigenvalue weighted by Crippen LogP contribution is 2.37. The SMILES string of the molecule is COc1cccc(CCC(=O)N2CC[C@@H](O)[C@](CCC(C)C)(C(=O)O)C2)c1. The van der Waals surface area contributed by atoms with Gasteiger partial charge in [-0.25, -0.2) is 0 Å². The van der Waals surface area contributed by atoms with Crippen molar-refractivity contribution in [3.8, 4) is 5.75 Å². The summed E-state index contributed by atoms with van der Waals surface area (Å²) in [6.45, 7) is 4.53. The highest BCUT2D eigenvalue weighted by atomic mass is 16.5. The quantitative estimate of drug-likeness (QED) is 0.727. The van der Waals surface area contributed by atoms with Gasteiger partial charge in [-0.05, 0) is 49.3 Å². The lowest BCUT2D eigenvalue weighted by atomic mass is 9.72. The number of aliphatic carboxylic acids is 1. The number of hydrogen-bond donors (Lipinski definition) is 2. The number of carboxylic acid groups (broad SMARTS) is 1. The zero-order chi connectivity index (χ0) is 20.0. The molecule has 2 rings (SSSR count). The highest BCUT2D eigenvalue weighted by molar-refractivity contribution is 5.80. The lowest BCUT2D eigenvalue weighted by Crippen LogP contribution is -2.57. The van der Waals surface area contributed by atoms with Crippen molar-refractivity contribution < 1.29 is 24.5 Å². The van der Waals surface area contributed by atoms with Crippen LogP contribution in [0.25, 0.3) is 0 Å². The van der Waals surface area contributed by atoms with Crippen LogP contribution in [0.3, 0.4) is 0 Å². The molecular weight excluding hydrogens is 346 g/mol. The number of aliphatic hydroxyl groups is 1. The van der Waals surface area contributed by atoms with Crippen LogP contribution in [0.2, 0.25) is 0 Å². The summed E-state index contributed by atoms with van der Waals surface area (Å²) in [5.74, 6) is 0.00743. The molecule has 0 aliphatic carbocycles. The standard InChI is InChI=1S/C21H31NO5/c1-15(2)9-11-21(20(25)26)14-22(12-10-18(21)23)19(24)8-7-16-5-4-6-17(13-16)27-3/h4-6,13,15,18,23H,7-12,14H2,1-3H3,(H,25,26)/t18-,21-/m1/s1. The van der Waals surface area contributed by atoms with E-state index in [-0.39, 0.29) is 12.5 Å². The molecule has 6 heteroatoms. The number of aryl methyl sites for hydroxylation is 1. The average molecular weight is 377 g/mol. The topological polar surface area (TPSA) is 87.1 Å². The Bertz CT molecular complexity index is 660. The van der Waals surface area contributed by atoms with E-state index in [0.29, 0.717) is 44.6 Å². The van der Waals surface area contributed by atoms with Crippen LogP contribution in [0.4, 0.5) is 0 Å². The number of nitrogens with zero attached hydrogens (tertiary/aromatic N) is 1. The third-order valence-electron chi connectivity index (χ3n) is 5.49. The van der Waals surface area contributed by atoms with Crippen LogP contribution in [-0.2, 0) is 16.0 Å². The fourth-order valence-electron chi connectivity index (χ4n) is 3.64. The maximum atomic E-state index is 12.7. The van der Waals surface area contributed by atoms with E-state index in [1.54, 1.807) is 12.0 Å².